The van der Waals surface area contributed by atoms with Crippen molar-refractivity contribution in [1.82, 2.24) is 14.8 Å². The number of amides is 3. The fourth-order valence-corrected chi connectivity index (χ4v) is 3.73. The van der Waals surface area contributed by atoms with E-state index in [0.29, 0.717) is 16.7 Å². The number of aliphatic hydroxyl groups excluding tert-OH is 1. The number of fused-ring (bicyclic) bond motifs is 1. The molecule has 1 aliphatic heterocycles. The summed E-state index contributed by atoms with van der Waals surface area (Å²) < 4.78 is 19.8. The molecule has 0 saturated carbocycles. The number of ether oxygens (including phenoxy) is 1. The van der Waals surface area contributed by atoms with E-state index in [-0.39, 0.29) is 48.3 Å². The van der Waals surface area contributed by atoms with Crippen LogP contribution in [-0.4, -0.2) is 70.7 Å². The maximum atomic E-state index is 13.1. The number of likely N-dealkylation sites (N-methyl/N-ethyl adjacent to an activating group) is 1. The van der Waals surface area contributed by atoms with Gasteiger partial charge in [-0.3, -0.25) is 4.79 Å². The third kappa shape index (κ3) is 5.55. The summed E-state index contributed by atoms with van der Waals surface area (Å²) in [5, 5.41) is 12.4. The van der Waals surface area contributed by atoms with Gasteiger partial charge in [0.15, 0.2) is 0 Å². The first-order valence-electron chi connectivity index (χ1n) is 10.2. The number of carbonyl (C=O) groups excluding carboxylic acids is 2. The highest BCUT2D eigenvalue weighted by molar-refractivity contribution is 9.10. The van der Waals surface area contributed by atoms with Gasteiger partial charge in [-0.1, -0.05) is 6.92 Å². The van der Waals surface area contributed by atoms with Crippen molar-refractivity contribution in [2.75, 3.05) is 32.1 Å². The smallest absolute Gasteiger partial charge is 0.321 e. The first kappa shape index (κ1) is 23.9. The quantitative estimate of drug-likeness (QED) is 0.645. The summed E-state index contributed by atoms with van der Waals surface area (Å²) in [5.41, 5.74) is 0.760. The largest absolute Gasteiger partial charge is 0.472 e. The molecule has 172 valence electrons. The number of hydrogen-bond donors (Lipinski definition) is 2. The second kappa shape index (κ2) is 10.3. The number of pyridine rings is 1. The first-order valence-corrected chi connectivity index (χ1v) is 11.0. The summed E-state index contributed by atoms with van der Waals surface area (Å²) in [7, 11) is 1.63. The van der Waals surface area contributed by atoms with Crippen LogP contribution in [0.3, 0.4) is 0 Å². The molecule has 1 aromatic heterocycles. The summed E-state index contributed by atoms with van der Waals surface area (Å²) in [5.74, 6) is -0.644. The third-order valence-electron chi connectivity index (χ3n) is 5.38. The van der Waals surface area contributed by atoms with E-state index in [0.717, 1.165) is 0 Å². The number of nitrogens with one attached hydrogen (secondary N) is 1. The molecule has 0 aliphatic carbocycles. The molecule has 1 aromatic carbocycles. The van der Waals surface area contributed by atoms with Crippen LogP contribution >= 0.6 is 15.9 Å². The molecule has 1 aliphatic rings. The molecule has 3 rings (SSSR count). The molecule has 2 heterocycles. The highest BCUT2D eigenvalue weighted by atomic mass is 79.9. The second-order valence-corrected chi connectivity index (χ2v) is 8.86. The summed E-state index contributed by atoms with van der Waals surface area (Å²) in [6.07, 6.45) is 1.08. The molecule has 0 spiro atoms. The van der Waals surface area contributed by atoms with Crippen LogP contribution in [0.5, 0.6) is 5.88 Å². The zero-order chi connectivity index (χ0) is 23.4. The van der Waals surface area contributed by atoms with Crippen molar-refractivity contribution in [2.24, 2.45) is 5.92 Å². The van der Waals surface area contributed by atoms with E-state index in [2.05, 4.69) is 26.2 Å². The first-order chi connectivity index (χ1) is 15.2. The van der Waals surface area contributed by atoms with E-state index in [1.807, 2.05) is 6.92 Å². The van der Waals surface area contributed by atoms with Gasteiger partial charge in [-0.25, -0.2) is 14.2 Å². The van der Waals surface area contributed by atoms with E-state index < -0.39 is 12.1 Å². The van der Waals surface area contributed by atoms with E-state index in [1.165, 1.54) is 29.2 Å². The molecule has 0 fully saturated rings. The zero-order valence-electron chi connectivity index (χ0n) is 18.1. The van der Waals surface area contributed by atoms with E-state index in [1.54, 1.807) is 31.1 Å². The third-order valence-corrected chi connectivity index (χ3v) is 5.82. The van der Waals surface area contributed by atoms with Crippen molar-refractivity contribution in [3.63, 3.8) is 0 Å². The molecule has 8 nitrogen and oxygen atoms in total. The van der Waals surface area contributed by atoms with Crippen LogP contribution in [0.2, 0.25) is 0 Å². The van der Waals surface area contributed by atoms with Crippen molar-refractivity contribution in [3.05, 3.63) is 52.4 Å². The highest BCUT2D eigenvalue weighted by Gasteiger charge is 2.34. The van der Waals surface area contributed by atoms with Crippen LogP contribution < -0.4 is 10.1 Å². The number of aliphatic hydroxyl groups is 1. The Hall–Kier alpha value is -2.72. The number of hydrogen-bond acceptors (Lipinski definition) is 5. The van der Waals surface area contributed by atoms with Crippen molar-refractivity contribution in [3.8, 4) is 5.88 Å². The van der Waals surface area contributed by atoms with Crippen LogP contribution in [0.1, 0.15) is 24.2 Å². The van der Waals surface area contributed by atoms with E-state index in [9.17, 15) is 19.1 Å². The lowest BCUT2D eigenvalue weighted by atomic mass is 10.0. The monoisotopic (exact) mass is 508 g/mol. The van der Waals surface area contributed by atoms with Gasteiger partial charge in [0.2, 0.25) is 5.88 Å². The second-order valence-electron chi connectivity index (χ2n) is 7.95. The zero-order valence-corrected chi connectivity index (χ0v) is 19.7. The molecule has 32 heavy (non-hydrogen) atoms. The molecule has 2 N–H and O–H groups in total. The van der Waals surface area contributed by atoms with Crippen molar-refractivity contribution >= 4 is 33.6 Å². The normalized spacial score (nSPS) is 19.3. The van der Waals surface area contributed by atoms with Crippen LogP contribution in [0.25, 0.3) is 0 Å². The van der Waals surface area contributed by atoms with Gasteiger partial charge in [-0.05, 0) is 53.2 Å². The van der Waals surface area contributed by atoms with Crippen LogP contribution in [0, 0.1) is 11.7 Å². The number of aromatic nitrogens is 1. The van der Waals surface area contributed by atoms with Crippen LogP contribution in [-0.2, 0) is 0 Å². The Balaban J connectivity index is 1.81. The van der Waals surface area contributed by atoms with Crippen molar-refractivity contribution in [2.45, 2.75) is 26.0 Å². The summed E-state index contributed by atoms with van der Waals surface area (Å²) in [6.45, 7) is 4.08. The summed E-state index contributed by atoms with van der Waals surface area (Å²) >= 11 is 3.34. The predicted octanol–water partition coefficient (Wildman–Crippen LogP) is 3.37. The standard InChI is InChI=1S/C22H26BrFN4O4/c1-13-10-28(14(2)12-29)21(30)18-8-15(23)9-25-20(18)32-19(13)11-27(3)22(31)26-17-6-4-16(24)5-7-17/h4-9,13-14,19,29H,10-12H2,1-3H3,(H,26,31)/t13-,14+,19-/m0/s1. The Kier molecular flexibility index (Phi) is 7.68. The maximum absolute atomic E-state index is 13.1. The number of carbonyl (C=O) groups is 2. The van der Waals surface area contributed by atoms with E-state index >= 15 is 0 Å². The average Bonchev–Trinajstić information content (AvgIpc) is 2.77. The average molecular weight is 509 g/mol. The van der Waals surface area contributed by atoms with Gasteiger partial charge in [-0.15, -0.1) is 0 Å². The van der Waals surface area contributed by atoms with Gasteiger partial charge in [0.05, 0.1) is 19.2 Å². The lowest BCUT2D eigenvalue weighted by molar-refractivity contribution is 0.0356. The van der Waals surface area contributed by atoms with Crippen molar-refractivity contribution in [1.29, 1.82) is 0 Å². The Morgan fingerprint density at radius 1 is 1.44 bits per heavy atom. The Bertz CT molecular complexity index is 975. The molecule has 0 bridgehead atoms. The van der Waals surface area contributed by atoms with Gasteiger partial charge in [0.1, 0.15) is 17.5 Å². The molecule has 0 radical (unpaired) electrons. The number of anilines is 1. The van der Waals surface area contributed by atoms with Crippen LogP contribution in [0.4, 0.5) is 14.9 Å². The summed E-state index contributed by atoms with van der Waals surface area (Å²) in [6, 6.07) is 6.36. The lowest BCUT2D eigenvalue weighted by Gasteiger charge is -2.37. The minimum absolute atomic E-state index is 0.160. The van der Waals surface area contributed by atoms with Gasteiger partial charge in [-0.2, -0.15) is 0 Å². The predicted molar refractivity (Wildman–Crippen MR) is 121 cm³/mol. The molecule has 0 unspecified atom stereocenters. The topological polar surface area (TPSA) is 95.0 Å². The Morgan fingerprint density at radius 2 is 2.12 bits per heavy atom. The molecule has 3 atom stereocenters. The SMILES string of the molecule is C[C@H](CO)N1C[C@H](C)[C@H](CN(C)C(=O)Nc2ccc(F)cc2)Oc2ncc(Br)cc2C1=O. The lowest BCUT2D eigenvalue weighted by Crippen LogP contribution is -2.50. The van der Waals surface area contributed by atoms with Gasteiger partial charge in [0.25, 0.3) is 5.91 Å². The summed E-state index contributed by atoms with van der Waals surface area (Å²) in [4.78, 5) is 33.1. The fraction of sp³-hybridized carbons (Fsp3) is 0.409. The molecular weight excluding hydrogens is 483 g/mol. The molecule has 0 saturated heterocycles. The fourth-order valence-electron chi connectivity index (χ4n) is 3.40. The number of benzene rings is 1. The number of halogens is 2. The minimum Gasteiger partial charge on any atom is -0.472 e. The maximum Gasteiger partial charge on any atom is 0.321 e. The molecule has 2 aromatic rings. The van der Waals surface area contributed by atoms with Gasteiger partial charge >= 0.3 is 6.03 Å². The minimum atomic E-state index is -0.465. The molecule has 3 amide bonds. The Labute approximate surface area is 194 Å². The van der Waals surface area contributed by atoms with Gasteiger partial charge in [0, 0.05) is 35.9 Å². The molecule has 10 heteroatoms. The van der Waals surface area contributed by atoms with E-state index in [4.69, 9.17) is 4.74 Å². The van der Waals surface area contributed by atoms with Crippen molar-refractivity contribution < 1.29 is 23.8 Å². The number of rotatable bonds is 5. The van der Waals surface area contributed by atoms with Gasteiger partial charge < -0.3 is 25.0 Å². The number of urea groups is 1. The Morgan fingerprint density at radius 3 is 2.78 bits per heavy atom. The molecular formula is C22H26BrFN4O4. The number of nitrogens with zero attached hydrogens (tertiary/aromatic N) is 3. The van der Waals surface area contributed by atoms with Crippen LogP contribution in [0.15, 0.2) is 41.0 Å². The highest BCUT2D eigenvalue weighted by Crippen LogP contribution is 2.28.